The number of carbonyl (C=O) groups is 1. The minimum Gasteiger partial charge on any atom is -0.506 e. The van der Waals surface area contributed by atoms with Gasteiger partial charge in [0.15, 0.2) is 9.84 Å². The van der Waals surface area contributed by atoms with Gasteiger partial charge in [0.2, 0.25) is 0 Å². The summed E-state index contributed by atoms with van der Waals surface area (Å²) in [7, 11) is -3.41. The zero-order valence-corrected chi connectivity index (χ0v) is 14.1. The Bertz CT molecular complexity index is 857. The van der Waals surface area contributed by atoms with Crippen LogP contribution in [-0.4, -0.2) is 25.2 Å². The fraction of sp³-hybridized carbons (Fsp3) is 0.235. The lowest BCUT2D eigenvalue weighted by Gasteiger charge is -2.11. The number of hydrogen-bond donors (Lipinski definition) is 2. The molecular weight excluding hydrogens is 314 g/mol. The van der Waals surface area contributed by atoms with Crippen molar-refractivity contribution in [3.63, 3.8) is 0 Å². The highest BCUT2D eigenvalue weighted by atomic mass is 32.2. The third kappa shape index (κ3) is 3.71. The van der Waals surface area contributed by atoms with Crippen LogP contribution in [0.4, 0.5) is 5.69 Å². The molecule has 0 spiro atoms. The quantitative estimate of drug-likeness (QED) is 0.842. The van der Waals surface area contributed by atoms with E-state index in [0.717, 1.165) is 11.1 Å². The molecule has 5 nitrogen and oxygen atoms in total. The molecule has 0 aliphatic carbocycles. The third-order valence-corrected chi connectivity index (χ3v) is 5.31. The Morgan fingerprint density at radius 3 is 2.43 bits per heavy atom. The van der Waals surface area contributed by atoms with E-state index >= 15 is 0 Å². The van der Waals surface area contributed by atoms with Crippen LogP contribution in [0, 0.1) is 13.8 Å². The van der Waals surface area contributed by atoms with E-state index in [2.05, 4.69) is 5.32 Å². The number of phenols is 1. The van der Waals surface area contributed by atoms with Gasteiger partial charge in [-0.2, -0.15) is 0 Å². The van der Waals surface area contributed by atoms with Crippen LogP contribution in [0.5, 0.6) is 5.75 Å². The highest BCUT2D eigenvalue weighted by molar-refractivity contribution is 7.91. The number of amides is 1. The van der Waals surface area contributed by atoms with E-state index in [1.807, 2.05) is 26.0 Å². The minimum atomic E-state index is -3.41. The molecule has 2 aromatic carbocycles. The number of rotatable bonds is 4. The van der Waals surface area contributed by atoms with Crippen molar-refractivity contribution in [2.45, 2.75) is 25.7 Å². The monoisotopic (exact) mass is 333 g/mol. The lowest BCUT2D eigenvalue weighted by molar-refractivity contribution is 0.102. The Labute approximate surface area is 135 Å². The molecule has 0 aliphatic heterocycles. The highest BCUT2D eigenvalue weighted by Gasteiger charge is 2.16. The van der Waals surface area contributed by atoms with E-state index in [4.69, 9.17) is 0 Å². The number of aromatic hydroxyl groups is 1. The van der Waals surface area contributed by atoms with Crippen LogP contribution in [0.3, 0.4) is 0 Å². The minimum absolute atomic E-state index is 0.0533. The standard InChI is InChI=1S/C17H19NO4S/c1-4-23(21,22)13-6-8-16(19)15(10-13)18-17(20)14-7-5-11(2)9-12(14)3/h5-10,19H,4H2,1-3H3,(H,18,20). The van der Waals surface area contributed by atoms with Crippen molar-refractivity contribution < 1.29 is 18.3 Å². The fourth-order valence-electron chi connectivity index (χ4n) is 2.23. The summed E-state index contributed by atoms with van der Waals surface area (Å²) in [5, 5.41) is 12.4. The Morgan fingerprint density at radius 1 is 1.13 bits per heavy atom. The molecule has 2 N–H and O–H groups in total. The first-order valence-electron chi connectivity index (χ1n) is 7.19. The van der Waals surface area contributed by atoms with Crippen LogP contribution < -0.4 is 5.32 Å². The van der Waals surface area contributed by atoms with E-state index in [1.165, 1.54) is 25.1 Å². The van der Waals surface area contributed by atoms with Gasteiger partial charge in [0, 0.05) is 5.56 Å². The van der Waals surface area contributed by atoms with Gasteiger partial charge in [-0.15, -0.1) is 0 Å². The van der Waals surface area contributed by atoms with Gasteiger partial charge in [-0.05, 0) is 43.7 Å². The maximum absolute atomic E-state index is 12.4. The Balaban J connectivity index is 2.36. The van der Waals surface area contributed by atoms with Crippen LogP contribution in [0.15, 0.2) is 41.3 Å². The van der Waals surface area contributed by atoms with E-state index in [-0.39, 0.29) is 22.1 Å². The predicted octanol–water partition coefficient (Wildman–Crippen LogP) is 3.05. The largest absolute Gasteiger partial charge is 0.506 e. The molecule has 0 fully saturated rings. The average Bonchev–Trinajstić information content (AvgIpc) is 2.49. The molecule has 0 heterocycles. The van der Waals surface area contributed by atoms with Crippen molar-refractivity contribution in [3.8, 4) is 5.75 Å². The Hall–Kier alpha value is -2.34. The summed E-state index contributed by atoms with van der Waals surface area (Å²) in [5.74, 6) is -0.635. The summed E-state index contributed by atoms with van der Waals surface area (Å²) in [6.45, 7) is 5.29. The number of benzene rings is 2. The first-order valence-corrected chi connectivity index (χ1v) is 8.84. The average molecular weight is 333 g/mol. The number of phenolic OH excluding ortho intramolecular Hbond substituents is 1. The van der Waals surface area contributed by atoms with Gasteiger partial charge < -0.3 is 10.4 Å². The molecule has 0 aliphatic rings. The number of carbonyl (C=O) groups excluding carboxylic acids is 1. The maximum atomic E-state index is 12.4. The molecule has 0 bridgehead atoms. The van der Waals surface area contributed by atoms with Gasteiger partial charge >= 0.3 is 0 Å². The van der Waals surface area contributed by atoms with E-state index < -0.39 is 15.7 Å². The summed E-state index contributed by atoms with van der Waals surface area (Å²) >= 11 is 0. The lowest BCUT2D eigenvalue weighted by atomic mass is 10.1. The van der Waals surface area contributed by atoms with Crippen molar-refractivity contribution in [2.75, 3.05) is 11.1 Å². The number of nitrogens with one attached hydrogen (secondary N) is 1. The van der Waals surface area contributed by atoms with Gasteiger partial charge in [-0.25, -0.2) is 8.42 Å². The molecule has 0 atom stereocenters. The van der Waals surface area contributed by atoms with Crippen LogP contribution in [-0.2, 0) is 9.84 Å². The molecule has 2 aromatic rings. The Kier molecular flexibility index (Phi) is 4.75. The molecule has 0 saturated heterocycles. The number of sulfone groups is 1. The normalized spacial score (nSPS) is 11.3. The number of anilines is 1. The highest BCUT2D eigenvalue weighted by Crippen LogP contribution is 2.27. The summed E-state index contributed by atoms with van der Waals surface area (Å²) in [6, 6.07) is 9.26. The Morgan fingerprint density at radius 2 is 1.83 bits per heavy atom. The van der Waals surface area contributed by atoms with Crippen LogP contribution in [0.2, 0.25) is 0 Å². The second kappa shape index (κ2) is 6.42. The summed E-state index contributed by atoms with van der Waals surface area (Å²) in [4.78, 5) is 12.4. The predicted molar refractivity (Wildman–Crippen MR) is 89.7 cm³/mol. The molecule has 0 unspecified atom stereocenters. The van der Waals surface area contributed by atoms with Gasteiger partial charge in [-0.3, -0.25) is 4.79 Å². The number of hydrogen-bond acceptors (Lipinski definition) is 4. The lowest BCUT2D eigenvalue weighted by Crippen LogP contribution is -2.14. The van der Waals surface area contributed by atoms with Crippen molar-refractivity contribution >= 4 is 21.4 Å². The van der Waals surface area contributed by atoms with Crippen LogP contribution in [0.1, 0.15) is 28.4 Å². The van der Waals surface area contributed by atoms with E-state index in [0.29, 0.717) is 5.56 Å². The molecular formula is C17H19NO4S. The molecule has 6 heteroatoms. The second-order valence-electron chi connectivity index (χ2n) is 5.35. The first kappa shape index (κ1) is 17.0. The molecule has 0 saturated carbocycles. The third-order valence-electron chi connectivity index (χ3n) is 3.58. The van der Waals surface area contributed by atoms with Crippen molar-refractivity contribution in [3.05, 3.63) is 53.1 Å². The van der Waals surface area contributed by atoms with Crippen LogP contribution in [0.25, 0.3) is 0 Å². The molecule has 1 amide bonds. The zero-order chi connectivity index (χ0) is 17.2. The SMILES string of the molecule is CCS(=O)(=O)c1ccc(O)c(NC(=O)c2ccc(C)cc2C)c1. The molecule has 23 heavy (non-hydrogen) atoms. The van der Waals surface area contributed by atoms with E-state index in [1.54, 1.807) is 6.07 Å². The van der Waals surface area contributed by atoms with Gasteiger partial charge in [0.25, 0.3) is 5.91 Å². The molecule has 0 aromatic heterocycles. The summed E-state index contributed by atoms with van der Waals surface area (Å²) in [5.41, 5.74) is 2.39. The van der Waals surface area contributed by atoms with Crippen molar-refractivity contribution in [1.82, 2.24) is 0 Å². The second-order valence-corrected chi connectivity index (χ2v) is 7.63. The fourth-order valence-corrected chi connectivity index (χ4v) is 3.14. The van der Waals surface area contributed by atoms with Gasteiger partial charge in [-0.1, -0.05) is 24.6 Å². The van der Waals surface area contributed by atoms with Gasteiger partial charge in [0.1, 0.15) is 5.75 Å². The van der Waals surface area contributed by atoms with Crippen LogP contribution >= 0.6 is 0 Å². The molecule has 0 radical (unpaired) electrons. The maximum Gasteiger partial charge on any atom is 0.256 e. The summed E-state index contributed by atoms with van der Waals surface area (Å²) < 4.78 is 23.8. The van der Waals surface area contributed by atoms with Crippen molar-refractivity contribution in [1.29, 1.82) is 0 Å². The number of aryl methyl sites for hydroxylation is 2. The zero-order valence-electron chi connectivity index (χ0n) is 13.3. The smallest absolute Gasteiger partial charge is 0.256 e. The van der Waals surface area contributed by atoms with Gasteiger partial charge in [0.05, 0.1) is 16.3 Å². The molecule has 122 valence electrons. The first-order chi connectivity index (χ1) is 10.7. The van der Waals surface area contributed by atoms with E-state index in [9.17, 15) is 18.3 Å². The van der Waals surface area contributed by atoms with Crippen molar-refractivity contribution in [2.24, 2.45) is 0 Å². The molecule has 2 rings (SSSR count). The topological polar surface area (TPSA) is 83.5 Å². The summed E-state index contributed by atoms with van der Waals surface area (Å²) in [6.07, 6.45) is 0.